The summed E-state index contributed by atoms with van der Waals surface area (Å²) in [7, 11) is 1.66. The molecule has 162 valence electrons. The molecule has 3 N–H and O–H groups in total. The minimum absolute atomic E-state index is 0.316. The Morgan fingerprint density at radius 2 is 1.70 bits per heavy atom. The molecule has 33 heavy (non-hydrogen) atoms. The SMILES string of the molecule is COc1ccc(-c2nn(-c3ccccc3)cc2[C@@H]2N=C(N)Nc3nc4ccccc4n32)cc1. The third-order valence-corrected chi connectivity index (χ3v) is 5.75. The zero-order chi connectivity index (χ0) is 22.4. The van der Waals surface area contributed by atoms with E-state index in [9.17, 15) is 0 Å². The number of imidazole rings is 1. The lowest BCUT2D eigenvalue weighted by Gasteiger charge is -2.23. The highest BCUT2D eigenvalue weighted by Gasteiger charge is 2.29. The maximum atomic E-state index is 6.19. The lowest BCUT2D eigenvalue weighted by molar-refractivity contribution is 0.415. The van der Waals surface area contributed by atoms with Crippen LogP contribution in [0.15, 0.2) is 90.1 Å². The number of anilines is 1. The van der Waals surface area contributed by atoms with E-state index in [1.54, 1.807) is 7.11 Å². The number of methoxy groups -OCH3 is 1. The highest BCUT2D eigenvalue weighted by atomic mass is 16.5. The Morgan fingerprint density at radius 1 is 0.939 bits per heavy atom. The fraction of sp³-hybridized carbons (Fsp3) is 0.0800. The van der Waals surface area contributed by atoms with Gasteiger partial charge in [-0.05, 0) is 48.5 Å². The number of para-hydroxylation sites is 3. The number of aromatic nitrogens is 4. The lowest BCUT2D eigenvalue weighted by atomic mass is 10.1. The largest absolute Gasteiger partial charge is 0.497 e. The van der Waals surface area contributed by atoms with Crippen molar-refractivity contribution in [2.75, 3.05) is 12.4 Å². The fourth-order valence-corrected chi connectivity index (χ4v) is 4.19. The van der Waals surface area contributed by atoms with Crippen molar-refractivity contribution in [3.05, 3.63) is 90.6 Å². The first-order valence-corrected chi connectivity index (χ1v) is 10.6. The molecule has 0 spiro atoms. The number of nitrogens with zero attached hydrogens (tertiary/aromatic N) is 5. The van der Waals surface area contributed by atoms with E-state index in [0.29, 0.717) is 11.9 Å². The van der Waals surface area contributed by atoms with Gasteiger partial charge >= 0.3 is 0 Å². The molecule has 2 aromatic heterocycles. The van der Waals surface area contributed by atoms with Gasteiger partial charge in [0.05, 0.1) is 29.5 Å². The van der Waals surface area contributed by atoms with Crippen molar-refractivity contribution in [2.24, 2.45) is 10.7 Å². The molecule has 0 aliphatic carbocycles. The predicted octanol–water partition coefficient (Wildman–Crippen LogP) is 4.18. The Morgan fingerprint density at radius 3 is 2.48 bits per heavy atom. The summed E-state index contributed by atoms with van der Waals surface area (Å²) in [6, 6.07) is 25.8. The first kappa shape index (κ1) is 19.1. The second-order valence-corrected chi connectivity index (χ2v) is 7.75. The van der Waals surface area contributed by atoms with Crippen LogP contribution in [0.25, 0.3) is 28.0 Å². The maximum absolute atomic E-state index is 6.19. The number of ether oxygens (including phenoxy) is 1. The van der Waals surface area contributed by atoms with Crippen LogP contribution in [0.4, 0.5) is 5.95 Å². The number of hydrogen-bond donors (Lipinski definition) is 2. The smallest absolute Gasteiger partial charge is 0.212 e. The number of guanidine groups is 1. The molecule has 1 aliphatic rings. The average Bonchev–Trinajstić information content (AvgIpc) is 3.46. The van der Waals surface area contributed by atoms with Crippen LogP contribution in [-0.4, -0.2) is 32.4 Å². The average molecular weight is 435 g/mol. The van der Waals surface area contributed by atoms with Crippen molar-refractivity contribution in [3.8, 4) is 22.7 Å². The second kappa shape index (κ2) is 7.52. The molecule has 8 heteroatoms. The minimum atomic E-state index is -0.428. The number of aliphatic imine (C=N–C) groups is 1. The quantitative estimate of drug-likeness (QED) is 0.441. The molecule has 5 aromatic rings. The van der Waals surface area contributed by atoms with Gasteiger partial charge in [0.15, 0.2) is 12.1 Å². The predicted molar refractivity (Wildman–Crippen MR) is 129 cm³/mol. The molecule has 0 bridgehead atoms. The summed E-state index contributed by atoms with van der Waals surface area (Å²) in [4.78, 5) is 9.49. The molecular weight excluding hydrogens is 414 g/mol. The summed E-state index contributed by atoms with van der Waals surface area (Å²) < 4.78 is 9.28. The zero-order valence-corrected chi connectivity index (χ0v) is 17.9. The van der Waals surface area contributed by atoms with Crippen LogP contribution in [0.1, 0.15) is 11.7 Å². The van der Waals surface area contributed by atoms with E-state index in [1.165, 1.54) is 0 Å². The molecule has 6 rings (SSSR count). The molecule has 0 saturated heterocycles. The minimum Gasteiger partial charge on any atom is -0.497 e. The van der Waals surface area contributed by atoms with E-state index in [1.807, 2.05) is 89.7 Å². The van der Waals surface area contributed by atoms with Gasteiger partial charge in [-0.1, -0.05) is 30.3 Å². The van der Waals surface area contributed by atoms with Crippen molar-refractivity contribution in [1.29, 1.82) is 0 Å². The van der Waals surface area contributed by atoms with Gasteiger partial charge in [0, 0.05) is 17.3 Å². The van der Waals surface area contributed by atoms with Crippen LogP contribution in [-0.2, 0) is 0 Å². The van der Waals surface area contributed by atoms with E-state index in [-0.39, 0.29) is 0 Å². The van der Waals surface area contributed by atoms with Gasteiger partial charge in [-0.2, -0.15) is 5.10 Å². The molecule has 3 aromatic carbocycles. The third kappa shape index (κ3) is 3.20. The van der Waals surface area contributed by atoms with E-state index in [2.05, 4.69) is 9.88 Å². The zero-order valence-electron chi connectivity index (χ0n) is 17.9. The molecule has 0 saturated carbocycles. The number of fused-ring (bicyclic) bond motifs is 3. The number of nitrogens with two attached hydrogens (primary N) is 1. The van der Waals surface area contributed by atoms with Crippen molar-refractivity contribution in [2.45, 2.75) is 6.17 Å². The van der Waals surface area contributed by atoms with Gasteiger partial charge < -0.3 is 10.5 Å². The number of hydrogen-bond acceptors (Lipinski definition) is 6. The molecule has 1 aliphatic heterocycles. The fourth-order valence-electron chi connectivity index (χ4n) is 4.19. The first-order chi connectivity index (χ1) is 16.2. The van der Waals surface area contributed by atoms with E-state index < -0.39 is 6.17 Å². The van der Waals surface area contributed by atoms with Crippen LogP contribution in [0, 0.1) is 0 Å². The third-order valence-electron chi connectivity index (χ3n) is 5.75. The Labute approximate surface area is 190 Å². The highest BCUT2D eigenvalue weighted by Crippen LogP contribution is 2.37. The summed E-state index contributed by atoms with van der Waals surface area (Å²) in [5.74, 6) is 1.76. The Kier molecular flexibility index (Phi) is 4.36. The summed E-state index contributed by atoms with van der Waals surface area (Å²) in [5, 5.41) is 8.05. The van der Waals surface area contributed by atoms with Gasteiger partial charge in [0.25, 0.3) is 0 Å². The van der Waals surface area contributed by atoms with Crippen molar-refractivity contribution < 1.29 is 4.74 Å². The van der Waals surface area contributed by atoms with Crippen molar-refractivity contribution in [1.82, 2.24) is 19.3 Å². The standard InChI is InChI=1S/C25H21N7O/c1-33-18-13-11-16(12-14-18)22-19(15-31(30-22)17-7-3-2-4-8-17)23-28-24(26)29-25-27-20-9-5-6-10-21(20)32(23)25/h2-15,23H,1H3,(H3,26,27,28,29)/t23-/m1/s1. The maximum Gasteiger partial charge on any atom is 0.212 e. The Balaban J connectivity index is 1.58. The monoisotopic (exact) mass is 435 g/mol. The first-order valence-electron chi connectivity index (χ1n) is 10.6. The Bertz CT molecular complexity index is 1480. The molecule has 1 atom stereocenters. The molecule has 8 nitrogen and oxygen atoms in total. The van der Waals surface area contributed by atoms with Crippen LogP contribution in [0.5, 0.6) is 5.75 Å². The van der Waals surface area contributed by atoms with Gasteiger partial charge in [0.2, 0.25) is 5.95 Å². The lowest BCUT2D eigenvalue weighted by Crippen LogP contribution is -2.31. The van der Waals surface area contributed by atoms with Crippen molar-refractivity contribution >= 4 is 22.9 Å². The molecule has 0 unspecified atom stereocenters. The van der Waals surface area contributed by atoms with E-state index >= 15 is 0 Å². The van der Waals surface area contributed by atoms with Crippen LogP contribution < -0.4 is 15.8 Å². The molecule has 0 amide bonds. The molecule has 0 fully saturated rings. The van der Waals surface area contributed by atoms with E-state index in [4.69, 9.17) is 25.5 Å². The van der Waals surface area contributed by atoms with E-state index in [0.717, 1.165) is 39.3 Å². The normalized spacial score (nSPS) is 15.1. The van der Waals surface area contributed by atoms with Crippen LogP contribution >= 0.6 is 0 Å². The topological polar surface area (TPSA) is 95.3 Å². The number of benzene rings is 3. The molecule has 0 radical (unpaired) electrons. The van der Waals surface area contributed by atoms with Crippen LogP contribution in [0.3, 0.4) is 0 Å². The van der Waals surface area contributed by atoms with Crippen molar-refractivity contribution in [3.63, 3.8) is 0 Å². The van der Waals surface area contributed by atoms with Crippen LogP contribution in [0.2, 0.25) is 0 Å². The summed E-state index contributed by atoms with van der Waals surface area (Å²) in [6.07, 6.45) is 1.59. The Hall–Kier alpha value is -4.59. The summed E-state index contributed by atoms with van der Waals surface area (Å²) >= 11 is 0. The highest BCUT2D eigenvalue weighted by molar-refractivity contribution is 5.95. The van der Waals surface area contributed by atoms with Gasteiger partial charge in [-0.3, -0.25) is 9.88 Å². The number of nitrogens with one attached hydrogen (secondary N) is 1. The molecule has 3 heterocycles. The summed E-state index contributed by atoms with van der Waals surface area (Å²) in [6.45, 7) is 0. The number of rotatable bonds is 4. The van der Waals surface area contributed by atoms with Gasteiger partial charge in [-0.25, -0.2) is 14.7 Å². The van der Waals surface area contributed by atoms with Gasteiger partial charge in [-0.15, -0.1) is 0 Å². The summed E-state index contributed by atoms with van der Waals surface area (Å²) in [5.41, 5.74) is 11.7. The second-order valence-electron chi connectivity index (χ2n) is 7.75. The molecular formula is C25H21N7O. The van der Waals surface area contributed by atoms with Gasteiger partial charge in [0.1, 0.15) is 5.75 Å².